The van der Waals surface area contributed by atoms with Crippen molar-refractivity contribution in [2.45, 2.75) is 12.6 Å². The third-order valence-corrected chi connectivity index (χ3v) is 1.75. The van der Waals surface area contributed by atoms with E-state index < -0.39 is 24.2 Å². The second-order valence-electron chi connectivity index (χ2n) is 3.27. The zero-order chi connectivity index (χ0) is 13.9. The standard InChI is InChI=1S/C9H8F5N3O/c1-17-4-5(7(16-17)8(10)11)15-6(18)2-3-9(12,13)14/h2-4,8H,1H3,(H,15,18)/b3-2+. The molecule has 1 rings (SSSR count). The van der Waals surface area contributed by atoms with Gasteiger partial charge in [0, 0.05) is 25.4 Å². The number of nitrogens with one attached hydrogen (secondary N) is 1. The van der Waals surface area contributed by atoms with E-state index in [2.05, 4.69) is 5.10 Å². The van der Waals surface area contributed by atoms with Crippen molar-refractivity contribution in [2.24, 2.45) is 7.05 Å². The van der Waals surface area contributed by atoms with Gasteiger partial charge in [0.15, 0.2) is 5.69 Å². The van der Waals surface area contributed by atoms with Crippen LogP contribution in [0.25, 0.3) is 0 Å². The van der Waals surface area contributed by atoms with Gasteiger partial charge in [0.2, 0.25) is 5.91 Å². The molecule has 1 N–H and O–H groups in total. The van der Waals surface area contributed by atoms with E-state index in [4.69, 9.17) is 0 Å². The number of hydrogen-bond donors (Lipinski definition) is 1. The number of nitrogens with zero attached hydrogens (tertiary/aromatic N) is 2. The van der Waals surface area contributed by atoms with Gasteiger partial charge in [-0.1, -0.05) is 0 Å². The summed E-state index contributed by atoms with van der Waals surface area (Å²) < 4.78 is 61.2. The van der Waals surface area contributed by atoms with E-state index in [0.29, 0.717) is 0 Å². The molecule has 0 aliphatic rings. The van der Waals surface area contributed by atoms with Gasteiger partial charge in [-0.25, -0.2) is 8.78 Å². The van der Waals surface area contributed by atoms with Crippen molar-refractivity contribution in [3.05, 3.63) is 24.0 Å². The van der Waals surface area contributed by atoms with E-state index in [1.54, 1.807) is 0 Å². The van der Waals surface area contributed by atoms with Gasteiger partial charge in [-0.2, -0.15) is 18.3 Å². The van der Waals surface area contributed by atoms with E-state index in [9.17, 15) is 26.7 Å². The highest BCUT2D eigenvalue weighted by Crippen LogP contribution is 2.25. The van der Waals surface area contributed by atoms with Crippen LogP contribution in [0.5, 0.6) is 0 Å². The molecule has 0 spiro atoms. The van der Waals surface area contributed by atoms with Crippen LogP contribution in [0.15, 0.2) is 18.3 Å². The summed E-state index contributed by atoms with van der Waals surface area (Å²) in [6.07, 6.45) is -6.59. The Labute approximate surface area is 98.1 Å². The molecule has 0 atom stereocenters. The Kier molecular flexibility index (Phi) is 4.04. The van der Waals surface area contributed by atoms with E-state index in [1.807, 2.05) is 5.32 Å². The van der Waals surface area contributed by atoms with Gasteiger partial charge < -0.3 is 5.32 Å². The summed E-state index contributed by atoms with van der Waals surface area (Å²) in [5.74, 6) is -1.16. The van der Waals surface area contributed by atoms with Crippen molar-refractivity contribution < 1.29 is 26.7 Å². The molecule has 1 aromatic heterocycles. The van der Waals surface area contributed by atoms with Gasteiger partial charge in [-0.15, -0.1) is 0 Å². The predicted octanol–water partition coefficient (Wildman–Crippen LogP) is 2.41. The fraction of sp³-hybridized carbons (Fsp3) is 0.333. The normalized spacial score (nSPS) is 12.4. The number of carbonyl (C=O) groups is 1. The Morgan fingerprint density at radius 3 is 2.61 bits per heavy atom. The van der Waals surface area contributed by atoms with Crippen LogP contribution in [0.1, 0.15) is 12.1 Å². The zero-order valence-electron chi connectivity index (χ0n) is 9.00. The molecular formula is C9H8F5N3O. The van der Waals surface area contributed by atoms with Crippen molar-refractivity contribution in [3.8, 4) is 0 Å². The Balaban J connectivity index is 2.79. The van der Waals surface area contributed by atoms with Crippen molar-refractivity contribution >= 4 is 11.6 Å². The summed E-state index contributed by atoms with van der Waals surface area (Å²) >= 11 is 0. The van der Waals surface area contributed by atoms with Crippen LogP contribution in [0.4, 0.5) is 27.6 Å². The van der Waals surface area contributed by atoms with E-state index in [1.165, 1.54) is 7.05 Å². The second kappa shape index (κ2) is 5.15. The van der Waals surface area contributed by atoms with E-state index in [-0.39, 0.29) is 17.8 Å². The average Bonchev–Trinajstić information content (AvgIpc) is 2.55. The molecule has 4 nitrogen and oxygen atoms in total. The monoisotopic (exact) mass is 269 g/mol. The fourth-order valence-corrected chi connectivity index (χ4v) is 1.11. The van der Waals surface area contributed by atoms with Gasteiger partial charge >= 0.3 is 6.18 Å². The van der Waals surface area contributed by atoms with Gasteiger partial charge in [-0.3, -0.25) is 9.48 Å². The van der Waals surface area contributed by atoms with Crippen LogP contribution in [-0.4, -0.2) is 21.9 Å². The van der Waals surface area contributed by atoms with Crippen LogP contribution in [0.3, 0.4) is 0 Å². The molecule has 0 saturated carbocycles. The Morgan fingerprint density at radius 1 is 1.50 bits per heavy atom. The molecule has 1 aromatic rings. The zero-order valence-corrected chi connectivity index (χ0v) is 9.00. The molecule has 0 aromatic carbocycles. The van der Waals surface area contributed by atoms with Gasteiger partial charge in [0.05, 0.1) is 5.69 Å². The molecule has 1 heterocycles. The Morgan fingerprint density at radius 2 is 2.11 bits per heavy atom. The first kappa shape index (κ1) is 14.1. The summed E-state index contributed by atoms with van der Waals surface area (Å²) in [6, 6.07) is 0. The predicted molar refractivity (Wildman–Crippen MR) is 52.0 cm³/mol. The van der Waals surface area contributed by atoms with Crippen LogP contribution >= 0.6 is 0 Å². The molecule has 0 unspecified atom stereocenters. The minimum Gasteiger partial charge on any atom is -0.319 e. The first-order valence-corrected chi connectivity index (χ1v) is 4.57. The number of hydrogen-bond acceptors (Lipinski definition) is 2. The van der Waals surface area contributed by atoms with Crippen LogP contribution in [0, 0.1) is 0 Å². The number of rotatable bonds is 3. The highest BCUT2D eigenvalue weighted by molar-refractivity contribution is 5.99. The first-order chi connectivity index (χ1) is 8.19. The summed E-state index contributed by atoms with van der Waals surface area (Å²) in [7, 11) is 1.34. The summed E-state index contributed by atoms with van der Waals surface area (Å²) in [5, 5.41) is 5.27. The number of alkyl halides is 5. The van der Waals surface area contributed by atoms with Gasteiger partial charge in [0.1, 0.15) is 0 Å². The van der Waals surface area contributed by atoms with E-state index >= 15 is 0 Å². The number of aryl methyl sites for hydroxylation is 1. The molecule has 1 amide bonds. The molecule has 0 radical (unpaired) electrons. The first-order valence-electron chi connectivity index (χ1n) is 4.57. The second-order valence-corrected chi connectivity index (χ2v) is 3.27. The number of allylic oxidation sites excluding steroid dienone is 1. The third kappa shape index (κ3) is 4.15. The highest BCUT2D eigenvalue weighted by Gasteiger charge is 2.23. The molecule has 0 aliphatic carbocycles. The Bertz CT molecular complexity index is 463. The fourth-order valence-electron chi connectivity index (χ4n) is 1.11. The topological polar surface area (TPSA) is 46.9 Å². The third-order valence-electron chi connectivity index (χ3n) is 1.75. The summed E-state index contributed by atoms with van der Waals surface area (Å²) in [6.45, 7) is 0. The summed E-state index contributed by atoms with van der Waals surface area (Å²) in [5.41, 5.74) is -1.03. The molecular weight excluding hydrogens is 261 g/mol. The molecule has 18 heavy (non-hydrogen) atoms. The maximum absolute atomic E-state index is 12.4. The molecule has 0 fully saturated rings. The molecule has 0 bridgehead atoms. The van der Waals surface area contributed by atoms with Crippen LogP contribution in [0.2, 0.25) is 0 Å². The number of aromatic nitrogens is 2. The van der Waals surface area contributed by atoms with Crippen LogP contribution < -0.4 is 5.32 Å². The largest absolute Gasteiger partial charge is 0.409 e. The maximum atomic E-state index is 12.4. The lowest BCUT2D eigenvalue weighted by Gasteiger charge is -2.02. The lowest BCUT2D eigenvalue weighted by Crippen LogP contribution is -2.11. The number of amides is 1. The minimum absolute atomic E-state index is 0.211. The number of anilines is 1. The lowest BCUT2D eigenvalue weighted by atomic mass is 10.3. The maximum Gasteiger partial charge on any atom is 0.409 e. The summed E-state index contributed by atoms with van der Waals surface area (Å²) in [4.78, 5) is 11.1. The lowest BCUT2D eigenvalue weighted by molar-refractivity contribution is -0.112. The van der Waals surface area contributed by atoms with Crippen molar-refractivity contribution in [1.29, 1.82) is 0 Å². The molecule has 0 saturated heterocycles. The van der Waals surface area contributed by atoms with Gasteiger partial charge in [0.25, 0.3) is 6.43 Å². The minimum atomic E-state index is -4.64. The number of carbonyl (C=O) groups excluding carboxylic acids is 1. The van der Waals surface area contributed by atoms with Crippen molar-refractivity contribution in [1.82, 2.24) is 9.78 Å². The number of halogens is 5. The van der Waals surface area contributed by atoms with Crippen molar-refractivity contribution in [3.63, 3.8) is 0 Å². The molecule has 100 valence electrons. The average molecular weight is 269 g/mol. The smallest absolute Gasteiger partial charge is 0.319 e. The van der Waals surface area contributed by atoms with Crippen molar-refractivity contribution in [2.75, 3.05) is 5.32 Å². The SMILES string of the molecule is Cn1cc(NC(=O)/C=C/C(F)(F)F)c(C(F)F)n1. The highest BCUT2D eigenvalue weighted by atomic mass is 19.4. The molecule has 0 aliphatic heterocycles. The van der Waals surface area contributed by atoms with Gasteiger partial charge in [-0.05, 0) is 0 Å². The Hall–Kier alpha value is -1.93. The van der Waals surface area contributed by atoms with Crippen LogP contribution in [-0.2, 0) is 11.8 Å². The quantitative estimate of drug-likeness (QED) is 0.676. The van der Waals surface area contributed by atoms with E-state index in [0.717, 1.165) is 10.9 Å². The molecule has 9 heteroatoms.